The van der Waals surface area contributed by atoms with Gasteiger partial charge in [-0.15, -0.1) is 0 Å². The summed E-state index contributed by atoms with van der Waals surface area (Å²) in [5, 5.41) is 19.7. The van der Waals surface area contributed by atoms with E-state index in [2.05, 4.69) is 67.5 Å². The summed E-state index contributed by atoms with van der Waals surface area (Å²) in [5.41, 5.74) is 6.44. The molecular weight excluding hydrogens is 320 g/mol. The zero-order valence-corrected chi connectivity index (χ0v) is 18.2. The summed E-state index contributed by atoms with van der Waals surface area (Å²) in [7, 11) is 0. The predicted octanol–water partition coefficient (Wildman–Crippen LogP) is 6.61. The lowest BCUT2D eigenvalue weighted by Gasteiger charge is -2.22. The lowest BCUT2D eigenvalue weighted by molar-refractivity contribution is 0.442. The van der Waals surface area contributed by atoms with Gasteiger partial charge in [-0.3, -0.25) is 0 Å². The highest BCUT2D eigenvalue weighted by Gasteiger charge is 2.20. The van der Waals surface area contributed by atoms with Gasteiger partial charge in [-0.1, -0.05) is 76.9 Å². The van der Waals surface area contributed by atoms with Crippen LogP contribution in [-0.2, 0) is 10.8 Å². The Morgan fingerprint density at radius 3 is 1.04 bits per heavy atom. The highest BCUT2D eigenvalue weighted by atomic mass is 16.3. The van der Waals surface area contributed by atoms with Crippen molar-refractivity contribution in [3.05, 3.63) is 57.6 Å². The second kappa shape index (κ2) is 7.73. The van der Waals surface area contributed by atoms with Gasteiger partial charge in [-0.05, 0) is 60.8 Å². The Hall–Kier alpha value is -1.96. The third-order valence-electron chi connectivity index (χ3n) is 4.51. The first-order valence-electron chi connectivity index (χ1n) is 9.26. The van der Waals surface area contributed by atoms with Gasteiger partial charge in [0.1, 0.15) is 11.5 Å². The van der Waals surface area contributed by atoms with Gasteiger partial charge in [0.05, 0.1) is 0 Å². The first-order chi connectivity index (χ1) is 11.6. The standard InChI is InChI=1S/2C12H18O/c2*1-8-6-9(2)11(13)10(7-8)12(3,4)5/h2*6-7,13H,1-5H3. The van der Waals surface area contributed by atoms with Crippen LogP contribution < -0.4 is 0 Å². The predicted molar refractivity (Wildman–Crippen MR) is 113 cm³/mol. The molecule has 2 nitrogen and oxygen atoms in total. The molecule has 2 rings (SSSR count). The van der Waals surface area contributed by atoms with Crippen LogP contribution in [0.4, 0.5) is 0 Å². The van der Waals surface area contributed by atoms with Gasteiger partial charge >= 0.3 is 0 Å². The number of phenolic OH excluding ortho intramolecular Hbond substituents is 2. The second-order valence-electron chi connectivity index (χ2n) is 9.46. The number of benzene rings is 2. The van der Waals surface area contributed by atoms with Gasteiger partial charge in [0.25, 0.3) is 0 Å². The molecule has 0 aromatic heterocycles. The number of rotatable bonds is 0. The SMILES string of the molecule is Cc1cc(C)c(O)c(C(C)(C)C)c1.Cc1cc(C)c(O)c(C(C)(C)C)c1. The van der Waals surface area contributed by atoms with Crippen LogP contribution in [0.25, 0.3) is 0 Å². The van der Waals surface area contributed by atoms with E-state index in [0.717, 1.165) is 22.3 Å². The van der Waals surface area contributed by atoms with Crippen molar-refractivity contribution in [1.29, 1.82) is 0 Å². The zero-order valence-electron chi connectivity index (χ0n) is 18.2. The van der Waals surface area contributed by atoms with Gasteiger partial charge in [-0.2, -0.15) is 0 Å². The summed E-state index contributed by atoms with van der Waals surface area (Å²) in [5.74, 6) is 0.885. The molecular formula is C24H36O2. The van der Waals surface area contributed by atoms with Crippen molar-refractivity contribution >= 4 is 0 Å². The molecule has 0 saturated carbocycles. The molecule has 0 amide bonds. The molecule has 0 aliphatic heterocycles. The van der Waals surface area contributed by atoms with E-state index in [4.69, 9.17) is 0 Å². The van der Waals surface area contributed by atoms with E-state index in [1.165, 1.54) is 11.1 Å². The molecule has 2 N–H and O–H groups in total. The lowest BCUT2D eigenvalue weighted by atomic mass is 9.84. The minimum atomic E-state index is 0.0147. The second-order valence-corrected chi connectivity index (χ2v) is 9.46. The van der Waals surface area contributed by atoms with Gasteiger partial charge in [0.15, 0.2) is 0 Å². The molecule has 0 bridgehead atoms. The number of hydrogen-bond acceptors (Lipinski definition) is 2. The van der Waals surface area contributed by atoms with Crippen molar-refractivity contribution in [2.24, 2.45) is 0 Å². The van der Waals surface area contributed by atoms with Gasteiger partial charge in [0.2, 0.25) is 0 Å². The van der Waals surface area contributed by atoms with Crippen LogP contribution >= 0.6 is 0 Å². The van der Waals surface area contributed by atoms with E-state index in [9.17, 15) is 10.2 Å². The number of hydrogen-bond donors (Lipinski definition) is 2. The summed E-state index contributed by atoms with van der Waals surface area (Å²) >= 11 is 0. The molecule has 0 fully saturated rings. The van der Waals surface area contributed by atoms with Crippen LogP contribution in [0, 0.1) is 27.7 Å². The highest BCUT2D eigenvalue weighted by Crippen LogP contribution is 2.34. The van der Waals surface area contributed by atoms with Crippen molar-refractivity contribution in [1.82, 2.24) is 0 Å². The van der Waals surface area contributed by atoms with Crippen LogP contribution in [0.5, 0.6) is 11.5 Å². The Labute approximate surface area is 159 Å². The molecule has 0 unspecified atom stereocenters. The zero-order chi connectivity index (χ0) is 20.4. The van der Waals surface area contributed by atoms with E-state index in [1.54, 1.807) is 0 Å². The van der Waals surface area contributed by atoms with Crippen molar-refractivity contribution in [3.63, 3.8) is 0 Å². The number of aryl methyl sites for hydroxylation is 4. The lowest BCUT2D eigenvalue weighted by Crippen LogP contribution is -2.12. The molecule has 26 heavy (non-hydrogen) atoms. The first kappa shape index (κ1) is 22.1. The number of aromatic hydroxyl groups is 2. The molecule has 2 heteroatoms. The number of phenols is 2. The molecule has 144 valence electrons. The van der Waals surface area contributed by atoms with Crippen LogP contribution in [0.15, 0.2) is 24.3 Å². The quantitative estimate of drug-likeness (QED) is 0.557. The Morgan fingerprint density at radius 2 is 0.808 bits per heavy atom. The third-order valence-corrected chi connectivity index (χ3v) is 4.51. The largest absolute Gasteiger partial charge is 0.507 e. The van der Waals surface area contributed by atoms with E-state index < -0.39 is 0 Å². The maximum Gasteiger partial charge on any atom is 0.122 e. The van der Waals surface area contributed by atoms with Crippen molar-refractivity contribution in [3.8, 4) is 11.5 Å². The van der Waals surface area contributed by atoms with Crippen molar-refractivity contribution < 1.29 is 10.2 Å². The Balaban J connectivity index is 0.000000260. The molecule has 0 heterocycles. The van der Waals surface area contributed by atoms with E-state index in [0.29, 0.717) is 11.5 Å². The fraction of sp³-hybridized carbons (Fsp3) is 0.500. The van der Waals surface area contributed by atoms with Crippen molar-refractivity contribution in [2.75, 3.05) is 0 Å². The van der Waals surface area contributed by atoms with Gasteiger partial charge in [-0.25, -0.2) is 0 Å². The van der Waals surface area contributed by atoms with Crippen molar-refractivity contribution in [2.45, 2.75) is 80.1 Å². The van der Waals surface area contributed by atoms with Crippen LogP contribution in [0.2, 0.25) is 0 Å². The van der Waals surface area contributed by atoms with Gasteiger partial charge < -0.3 is 10.2 Å². The molecule has 0 saturated heterocycles. The Kier molecular flexibility index (Phi) is 6.57. The Bertz CT molecular complexity index is 705. The molecule has 2 aromatic rings. The smallest absolute Gasteiger partial charge is 0.122 e. The van der Waals surface area contributed by atoms with E-state index >= 15 is 0 Å². The minimum Gasteiger partial charge on any atom is -0.507 e. The molecule has 0 aliphatic rings. The fourth-order valence-electron chi connectivity index (χ4n) is 3.06. The highest BCUT2D eigenvalue weighted by molar-refractivity contribution is 5.46. The average molecular weight is 357 g/mol. The maximum atomic E-state index is 9.86. The van der Waals surface area contributed by atoms with E-state index in [-0.39, 0.29) is 10.8 Å². The fourth-order valence-corrected chi connectivity index (χ4v) is 3.06. The molecule has 0 spiro atoms. The molecule has 0 radical (unpaired) electrons. The minimum absolute atomic E-state index is 0.0147. The monoisotopic (exact) mass is 356 g/mol. The Morgan fingerprint density at radius 1 is 0.538 bits per heavy atom. The summed E-state index contributed by atoms with van der Waals surface area (Å²) in [6, 6.07) is 8.12. The van der Waals surface area contributed by atoms with Gasteiger partial charge in [0, 0.05) is 0 Å². The average Bonchev–Trinajstić information content (AvgIpc) is 2.45. The summed E-state index contributed by atoms with van der Waals surface area (Å²) in [6.45, 7) is 20.7. The third kappa shape index (κ3) is 5.52. The summed E-state index contributed by atoms with van der Waals surface area (Å²) in [4.78, 5) is 0. The van der Waals surface area contributed by atoms with Crippen LogP contribution in [-0.4, -0.2) is 10.2 Å². The van der Waals surface area contributed by atoms with Crippen LogP contribution in [0.3, 0.4) is 0 Å². The molecule has 0 atom stereocenters. The van der Waals surface area contributed by atoms with E-state index in [1.807, 2.05) is 26.0 Å². The molecule has 0 aliphatic carbocycles. The first-order valence-corrected chi connectivity index (χ1v) is 9.26. The van der Waals surface area contributed by atoms with Crippen LogP contribution in [0.1, 0.15) is 74.9 Å². The molecule has 2 aromatic carbocycles. The normalized spacial score (nSPS) is 11.8. The maximum absolute atomic E-state index is 9.86. The topological polar surface area (TPSA) is 40.5 Å². The summed E-state index contributed by atoms with van der Waals surface area (Å²) < 4.78 is 0. The summed E-state index contributed by atoms with van der Waals surface area (Å²) in [6.07, 6.45) is 0.